The molecule has 2 aliphatic heterocycles. The molecule has 0 saturated carbocycles. The minimum Gasteiger partial charge on any atom is -0.354 e. The smallest absolute Gasteiger partial charge is 0.257 e. The predicted molar refractivity (Wildman–Crippen MR) is 112 cm³/mol. The molecule has 1 saturated heterocycles. The van der Waals surface area contributed by atoms with Crippen LogP contribution in [0.25, 0.3) is 0 Å². The third-order valence-corrected chi connectivity index (χ3v) is 5.78. The first-order chi connectivity index (χ1) is 13.4. The van der Waals surface area contributed by atoms with Gasteiger partial charge in [-0.15, -0.1) is 0 Å². The van der Waals surface area contributed by atoms with E-state index in [0.29, 0.717) is 11.1 Å². The Kier molecular flexibility index (Phi) is 4.84. The highest BCUT2D eigenvalue weighted by atomic mass is 16.2. The molecule has 2 aromatic carbocycles. The van der Waals surface area contributed by atoms with Gasteiger partial charge in [-0.05, 0) is 74.6 Å². The van der Waals surface area contributed by atoms with Crippen LogP contribution in [-0.4, -0.2) is 36.5 Å². The third-order valence-electron chi connectivity index (χ3n) is 5.78. The zero-order chi connectivity index (χ0) is 19.8. The first-order valence-corrected chi connectivity index (χ1v) is 10.0. The second kappa shape index (κ2) is 7.30. The lowest BCUT2D eigenvalue weighted by Gasteiger charge is -2.43. The summed E-state index contributed by atoms with van der Waals surface area (Å²) in [6, 6.07) is 11.4. The highest BCUT2D eigenvalue weighted by Crippen LogP contribution is 2.34. The molecule has 2 amide bonds. The first kappa shape index (κ1) is 18.5. The number of amides is 2. The molecule has 0 aliphatic carbocycles. The Labute approximate surface area is 166 Å². The quantitative estimate of drug-likeness (QED) is 0.847. The van der Waals surface area contributed by atoms with E-state index in [-0.39, 0.29) is 18.0 Å². The summed E-state index contributed by atoms with van der Waals surface area (Å²) in [5.74, 6) is -0.0711. The van der Waals surface area contributed by atoms with Crippen LogP contribution < -0.4 is 10.2 Å². The minimum absolute atomic E-state index is 0.0835. The van der Waals surface area contributed by atoms with Crippen molar-refractivity contribution < 1.29 is 9.59 Å². The summed E-state index contributed by atoms with van der Waals surface area (Å²) < 4.78 is 0. The van der Waals surface area contributed by atoms with Crippen molar-refractivity contribution in [3.05, 3.63) is 58.7 Å². The second-order valence-corrected chi connectivity index (χ2v) is 8.00. The zero-order valence-electron chi connectivity index (χ0n) is 16.8. The molecule has 2 aliphatic rings. The fourth-order valence-electron chi connectivity index (χ4n) is 4.44. The van der Waals surface area contributed by atoms with Crippen LogP contribution in [0.1, 0.15) is 57.5 Å². The molecule has 0 spiro atoms. The number of hydrogen-bond acceptors (Lipinski definition) is 3. The SMILES string of the molecule is Cc1cc(C)cc(NC(=O)c2ccc3c(c2)N(C)[C@H]2CCCCCN2C3=O)c1. The number of anilines is 2. The number of benzene rings is 2. The van der Waals surface area contributed by atoms with Crippen LogP contribution in [0.2, 0.25) is 0 Å². The largest absolute Gasteiger partial charge is 0.354 e. The summed E-state index contributed by atoms with van der Waals surface area (Å²) in [4.78, 5) is 30.0. The number of fused-ring (bicyclic) bond motifs is 2. The van der Waals surface area contributed by atoms with E-state index < -0.39 is 0 Å². The molecule has 0 radical (unpaired) electrons. The normalized spacial score (nSPS) is 19.0. The number of carbonyl (C=O) groups excluding carboxylic acids is 2. The van der Waals surface area contributed by atoms with Gasteiger partial charge in [-0.25, -0.2) is 0 Å². The van der Waals surface area contributed by atoms with Crippen LogP contribution in [0.5, 0.6) is 0 Å². The van der Waals surface area contributed by atoms with Gasteiger partial charge >= 0.3 is 0 Å². The molecule has 28 heavy (non-hydrogen) atoms. The van der Waals surface area contributed by atoms with Gasteiger partial charge in [0.05, 0.1) is 11.3 Å². The van der Waals surface area contributed by atoms with Crippen molar-refractivity contribution in [1.29, 1.82) is 0 Å². The van der Waals surface area contributed by atoms with E-state index in [0.717, 1.165) is 54.7 Å². The fraction of sp³-hybridized carbons (Fsp3) is 0.391. The van der Waals surface area contributed by atoms with Crippen LogP contribution in [0, 0.1) is 13.8 Å². The molecule has 2 heterocycles. The Morgan fingerprint density at radius 3 is 2.54 bits per heavy atom. The van der Waals surface area contributed by atoms with Crippen LogP contribution >= 0.6 is 0 Å². The Balaban J connectivity index is 1.63. The van der Waals surface area contributed by atoms with E-state index in [1.54, 1.807) is 12.1 Å². The highest BCUT2D eigenvalue weighted by Gasteiger charge is 2.36. The molecule has 1 fully saturated rings. The number of nitrogens with zero attached hydrogens (tertiary/aromatic N) is 2. The zero-order valence-corrected chi connectivity index (χ0v) is 16.8. The standard InChI is InChI=1S/C23H27N3O2/c1-15-11-16(2)13-18(12-15)24-22(27)17-8-9-19-20(14-17)25(3)21-7-5-4-6-10-26(21)23(19)28/h8-9,11-14,21H,4-7,10H2,1-3H3,(H,24,27)/t21-/m1/s1. The predicted octanol–water partition coefficient (Wildman–Crippen LogP) is 4.35. The van der Waals surface area contributed by atoms with Gasteiger partial charge < -0.3 is 15.1 Å². The van der Waals surface area contributed by atoms with E-state index in [2.05, 4.69) is 16.3 Å². The summed E-state index contributed by atoms with van der Waals surface area (Å²) in [5.41, 5.74) is 5.11. The van der Waals surface area contributed by atoms with Crippen molar-refractivity contribution >= 4 is 23.2 Å². The van der Waals surface area contributed by atoms with Crippen molar-refractivity contribution in [2.75, 3.05) is 23.8 Å². The van der Waals surface area contributed by atoms with Gasteiger partial charge in [0.1, 0.15) is 6.17 Å². The Bertz CT molecular complexity index is 917. The molecular weight excluding hydrogens is 350 g/mol. The molecular formula is C23H27N3O2. The molecule has 0 bridgehead atoms. The molecule has 5 heteroatoms. The molecule has 146 valence electrons. The number of aryl methyl sites for hydroxylation is 2. The van der Waals surface area contributed by atoms with Crippen molar-refractivity contribution in [2.24, 2.45) is 0 Å². The summed E-state index contributed by atoms with van der Waals surface area (Å²) in [6.45, 7) is 4.84. The highest BCUT2D eigenvalue weighted by molar-refractivity contribution is 6.08. The molecule has 1 atom stereocenters. The Hall–Kier alpha value is -2.82. The fourth-order valence-corrected chi connectivity index (χ4v) is 4.44. The van der Waals surface area contributed by atoms with Gasteiger partial charge in [0.2, 0.25) is 0 Å². The number of hydrogen-bond donors (Lipinski definition) is 1. The molecule has 0 unspecified atom stereocenters. The lowest BCUT2D eigenvalue weighted by Crippen LogP contribution is -2.53. The van der Waals surface area contributed by atoms with Gasteiger partial charge in [0, 0.05) is 24.8 Å². The average molecular weight is 377 g/mol. The van der Waals surface area contributed by atoms with Crippen molar-refractivity contribution in [3.8, 4) is 0 Å². The maximum atomic E-state index is 13.0. The second-order valence-electron chi connectivity index (χ2n) is 8.00. The van der Waals surface area contributed by atoms with Gasteiger partial charge in [-0.2, -0.15) is 0 Å². The van der Waals surface area contributed by atoms with Gasteiger partial charge in [-0.3, -0.25) is 9.59 Å². The summed E-state index contributed by atoms with van der Waals surface area (Å²) in [5, 5.41) is 2.99. The topological polar surface area (TPSA) is 52.7 Å². The van der Waals surface area contributed by atoms with Crippen LogP contribution in [0.4, 0.5) is 11.4 Å². The first-order valence-electron chi connectivity index (χ1n) is 10.0. The van der Waals surface area contributed by atoms with Crippen molar-refractivity contribution in [1.82, 2.24) is 4.90 Å². The number of carbonyl (C=O) groups is 2. The van der Waals surface area contributed by atoms with Crippen LogP contribution in [0.3, 0.4) is 0 Å². The minimum atomic E-state index is -0.156. The van der Waals surface area contributed by atoms with Crippen molar-refractivity contribution in [3.63, 3.8) is 0 Å². The maximum Gasteiger partial charge on any atom is 0.257 e. The lowest BCUT2D eigenvalue weighted by molar-refractivity contribution is 0.0661. The lowest BCUT2D eigenvalue weighted by atomic mass is 10.0. The average Bonchev–Trinajstić information content (AvgIpc) is 2.91. The van der Waals surface area contributed by atoms with E-state index in [1.807, 2.05) is 44.0 Å². The van der Waals surface area contributed by atoms with E-state index >= 15 is 0 Å². The molecule has 0 aromatic heterocycles. The Morgan fingerprint density at radius 1 is 1.04 bits per heavy atom. The third kappa shape index (κ3) is 3.37. The summed E-state index contributed by atoms with van der Waals surface area (Å²) in [6.07, 6.45) is 4.40. The number of rotatable bonds is 2. The van der Waals surface area contributed by atoms with Crippen LogP contribution in [0.15, 0.2) is 36.4 Å². The van der Waals surface area contributed by atoms with Gasteiger partial charge in [0.25, 0.3) is 11.8 Å². The summed E-state index contributed by atoms with van der Waals surface area (Å²) >= 11 is 0. The van der Waals surface area contributed by atoms with E-state index in [4.69, 9.17) is 0 Å². The molecule has 4 rings (SSSR count). The molecule has 5 nitrogen and oxygen atoms in total. The van der Waals surface area contributed by atoms with Crippen LogP contribution in [-0.2, 0) is 0 Å². The van der Waals surface area contributed by atoms with Gasteiger partial charge in [-0.1, -0.05) is 12.5 Å². The monoisotopic (exact) mass is 377 g/mol. The Morgan fingerprint density at radius 2 is 1.79 bits per heavy atom. The van der Waals surface area contributed by atoms with E-state index in [9.17, 15) is 9.59 Å². The van der Waals surface area contributed by atoms with Crippen molar-refractivity contribution in [2.45, 2.75) is 45.7 Å². The van der Waals surface area contributed by atoms with E-state index in [1.165, 1.54) is 0 Å². The molecule has 2 aromatic rings. The number of nitrogens with one attached hydrogen (secondary N) is 1. The van der Waals surface area contributed by atoms with Gasteiger partial charge in [0.15, 0.2) is 0 Å². The maximum absolute atomic E-state index is 13.0. The summed E-state index contributed by atoms with van der Waals surface area (Å²) in [7, 11) is 2.03. The molecule has 1 N–H and O–H groups in total.